The fourth-order valence-electron chi connectivity index (χ4n) is 5.01. The van der Waals surface area contributed by atoms with E-state index in [1.54, 1.807) is 11.3 Å². The van der Waals surface area contributed by atoms with Crippen molar-refractivity contribution >= 4 is 33.1 Å². The zero-order chi connectivity index (χ0) is 25.0. The van der Waals surface area contributed by atoms with Crippen LogP contribution in [0.3, 0.4) is 0 Å². The summed E-state index contributed by atoms with van der Waals surface area (Å²) in [6.45, 7) is 11.5. The maximum Gasteiger partial charge on any atom is 0.259 e. The van der Waals surface area contributed by atoms with Crippen LogP contribution < -0.4 is 15.8 Å². The third-order valence-corrected chi connectivity index (χ3v) is 8.36. The van der Waals surface area contributed by atoms with Gasteiger partial charge in [0.25, 0.3) is 5.56 Å². The Morgan fingerprint density at radius 3 is 2.74 bits per heavy atom. The first-order valence-corrected chi connectivity index (χ1v) is 13.7. The number of nitrogens with zero attached hydrogens (tertiary/aromatic N) is 2. The van der Waals surface area contributed by atoms with Crippen molar-refractivity contribution in [2.24, 2.45) is 11.3 Å². The highest BCUT2D eigenvalue weighted by atomic mass is 32.1. The van der Waals surface area contributed by atoms with Crippen molar-refractivity contribution in [1.82, 2.24) is 15.3 Å². The van der Waals surface area contributed by atoms with Gasteiger partial charge in [0.15, 0.2) is 0 Å². The molecule has 188 valence electrons. The number of aryl methyl sites for hydroxylation is 2. The molecule has 0 aliphatic heterocycles. The van der Waals surface area contributed by atoms with E-state index >= 15 is 0 Å². The normalized spacial score (nSPS) is 15.7. The predicted octanol–water partition coefficient (Wildman–Crippen LogP) is 5.10. The number of fused-ring (bicyclic) bond motifs is 3. The molecule has 1 aliphatic carbocycles. The molecular formula is C28H38N4O2S. The van der Waals surface area contributed by atoms with Crippen molar-refractivity contribution in [3.05, 3.63) is 57.0 Å². The first kappa shape index (κ1) is 25.4. The lowest BCUT2D eigenvalue weighted by Crippen LogP contribution is -2.30. The minimum Gasteiger partial charge on any atom is -0.372 e. The minimum absolute atomic E-state index is 0.00556. The van der Waals surface area contributed by atoms with Crippen LogP contribution in [0.2, 0.25) is 0 Å². The van der Waals surface area contributed by atoms with E-state index in [0.29, 0.717) is 31.1 Å². The molecule has 2 N–H and O–H groups in total. The number of H-pyrrole nitrogens is 1. The number of nitrogens with one attached hydrogen (secondary N) is 2. The topological polar surface area (TPSA) is 78.1 Å². The number of aromatic nitrogens is 2. The van der Waals surface area contributed by atoms with Crippen LogP contribution in [-0.4, -0.2) is 35.5 Å². The molecule has 2 heterocycles. The molecule has 1 amide bonds. The number of hydrogen-bond acceptors (Lipinski definition) is 5. The van der Waals surface area contributed by atoms with E-state index in [4.69, 9.17) is 4.98 Å². The second-order valence-electron chi connectivity index (χ2n) is 10.6. The Bertz CT molecular complexity index is 1210. The molecule has 35 heavy (non-hydrogen) atoms. The van der Waals surface area contributed by atoms with E-state index in [1.165, 1.54) is 16.1 Å². The molecule has 0 fully saturated rings. The van der Waals surface area contributed by atoms with Crippen LogP contribution in [0.15, 0.2) is 35.1 Å². The summed E-state index contributed by atoms with van der Waals surface area (Å²) in [5, 5.41) is 3.78. The van der Waals surface area contributed by atoms with Crippen molar-refractivity contribution < 1.29 is 4.79 Å². The van der Waals surface area contributed by atoms with E-state index in [-0.39, 0.29) is 16.9 Å². The molecule has 0 saturated heterocycles. The van der Waals surface area contributed by atoms with E-state index in [0.717, 1.165) is 49.0 Å². The van der Waals surface area contributed by atoms with Gasteiger partial charge in [-0.3, -0.25) is 9.59 Å². The van der Waals surface area contributed by atoms with Gasteiger partial charge in [0.05, 0.1) is 5.39 Å². The van der Waals surface area contributed by atoms with E-state index in [1.807, 2.05) is 18.2 Å². The Labute approximate surface area is 212 Å². The number of para-hydroxylation sites is 1. The molecule has 1 atom stereocenters. The molecule has 1 unspecified atom stereocenters. The van der Waals surface area contributed by atoms with E-state index in [2.05, 4.69) is 55.0 Å². The Morgan fingerprint density at radius 2 is 2.03 bits per heavy atom. The van der Waals surface area contributed by atoms with Gasteiger partial charge < -0.3 is 15.2 Å². The second kappa shape index (κ2) is 10.9. The molecule has 4 rings (SSSR count). The summed E-state index contributed by atoms with van der Waals surface area (Å²) in [5.74, 6) is 1.22. The van der Waals surface area contributed by atoms with Gasteiger partial charge in [-0.25, -0.2) is 4.98 Å². The number of anilines is 1. The van der Waals surface area contributed by atoms with Crippen molar-refractivity contribution in [1.29, 1.82) is 0 Å². The smallest absolute Gasteiger partial charge is 0.259 e. The highest BCUT2D eigenvalue weighted by molar-refractivity contribution is 7.18. The lowest BCUT2D eigenvalue weighted by Gasteiger charge is -2.33. The Kier molecular flexibility index (Phi) is 7.95. The number of aromatic amines is 1. The fourth-order valence-corrected chi connectivity index (χ4v) is 6.33. The number of carbonyl (C=O) groups excluding carboxylic acids is 1. The summed E-state index contributed by atoms with van der Waals surface area (Å²) in [6.07, 6.45) is 4.73. The van der Waals surface area contributed by atoms with Crippen LogP contribution in [0.4, 0.5) is 5.69 Å². The molecule has 0 spiro atoms. The predicted molar refractivity (Wildman–Crippen MR) is 145 cm³/mol. The standard InChI is InChI=1S/C28H38N4O2S/c1-5-32(20-10-7-6-8-11-20)17-9-16-29-24(33)15-14-23-30-26(34)25-21-13-12-19(28(2,3)4)18-22(21)35-27(25)31-23/h6-8,10-11,19H,5,9,12-18H2,1-4H3,(H,29,33)(H,30,31,34). The van der Waals surface area contributed by atoms with Crippen molar-refractivity contribution in [3.63, 3.8) is 0 Å². The molecule has 2 aromatic heterocycles. The number of carbonyl (C=O) groups is 1. The van der Waals surface area contributed by atoms with Crippen molar-refractivity contribution in [2.75, 3.05) is 24.5 Å². The Hall–Kier alpha value is -2.67. The summed E-state index contributed by atoms with van der Waals surface area (Å²) >= 11 is 1.67. The third-order valence-electron chi connectivity index (χ3n) is 7.21. The van der Waals surface area contributed by atoms with Gasteiger partial charge in [-0.15, -0.1) is 11.3 Å². The average Bonchev–Trinajstić information content (AvgIpc) is 3.21. The van der Waals surface area contributed by atoms with Crippen LogP contribution in [0.1, 0.15) is 63.2 Å². The first-order chi connectivity index (χ1) is 16.8. The third kappa shape index (κ3) is 6.13. The van der Waals surface area contributed by atoms with Crippen LogP contribution in [0, 0.1) is 11.3 Å². The van der Waals surface area contributed by atoms with Crippen molar-refractivity contribution in [3.8, 4) is 0 Å². The summed E-state index contributed by atoms with van der Waals surface area (Å²) in [7, 11) is 0. The van der Waals surface area contributed by atoms with Gasteiger partial charge in [0.2, 0.25) is 5.91 Å². The number of thiophene rings is 1. The molecule has 0 saturated carbocycles. The number of hydrogen-bond donors (Lipinski definition) is 2. The number of amides is 1. The summed E-state index contributed by atoms with van der Waals surface area (Å²) in [6, 6.07) is 10.3. The van der Waals surface area contributed by atoms with Gasteiger partial charge in [-0.1, -0.05) is 39.0 Å². The number of rotatable bonds is 9. The fraction of sp³-hybridized carbons (Fsp3) is 0.536. The van der Waals surface area contributed by atoms with Gasteiger partial charge in [0.1, 0.15) is 10.7 Å². The highest BCUT2D eigenvalue weighted by Crippen LogP contribution is 2.41. The molecule has 1 aliphatic rings. The molecule has 7 heteroatoms. The monoisotopic (exact) mass is 494 g/mol. The molecule has 6 nitrogen and oxygen atoms in total. The lowest BCUT2D eigenvalue weighted by molar-refractivity contribution is -0.121. The molecule has 0 radical (unpaired) electrons. The lowest BCUT2D eigenvalue weighted by atomic mass is 9.72. The highest BCUT2D eigenvalue weighted by Gasteiger charge is 2.31. The molecule has 1 aromatic carbocycles. The maximum absolute atomic E-state index is 12.9. The number of benzene rings is 1. The zero-order valence-corrected chi connectivity index (χ0v) is 22.3. The largest absolute Gasteiger partial charge is 0.372 e. The quantitative estimate of drug-likeness (QED) is 0.406. The van der Waals surface area contributed by atoms with E-state index < -0.39 is 0 Å². The summed E-state index contributed by atoms with van der Waals surface area (Å²) in [5.41, 5.74) is 2.61. The van der Waals surface area contributed by atoms with Gasteiger partial charge in [-0.05, 0) is 61.6 Å². The maximum atomic E-state index is 12.9. The van der Waals surface area contributed by atoms with Crippen molar-refractivity contribution in [2.45, 2.75) is 66.2 Å². The zero-order valence-electron chi connectivity index (χ0n) is 21.4. The van der Waals surface area contributed by atoms with E-state index in [9.17, 15) is 9.59 Å². The summed E-state index contributed by atoms with van der Waals surface area (Å²) in [4.78, 5) is 37.4. The minimum atomic E-state index is -0.0577. The van der Waals surface area contributed by atoms with Gasteiger partial charge >= 0.3 is 0 Å². The van der Waals surface area contributed by atoms with Crippen LogP contribution in [-0.2, 0) is 24.1 Å². The molecular weight excluding hydrogens is 456 g/mol. The Balaban J connectivity index is 1.30. The first-order valence-electron chi connectivity index (χ1n) is 12.9. The van der Waals surface area contributed by atoms with Gasteiger partial charge in [-0.2, -0.15) is 0 Å². The van der Waals surface area contributed by atoms with Crippen LogP contribution in [0.25, 0.3) is 10.2 Å². The Morgan fingerprint density at radius 1 is 1.26 bits per heavy atom. The summed E-state index contributed by atoms with van der Waals surface area (Å²) < 4.78 is 0. The van der Waals surface area contributed by atoms with Crippen LogP contribution >= 0.6 is 11.3 Å². The van der Waals surface area contributed by atoms with Crippen LogP contribution in [0.5, 0.6) is 0 Å². The van der Waals surface area contributed by atoms with Gasteiger partial charge in [0, 0.05) is 43.0 Å². The molecule has 0 bridgehead atoms. The second-order valence-corrected chi connectivity index (χ2v) is 11.7. The molecule has 3 aromatic rings. The SMILES string of the molecule is CCN(CCCNC(=O)CCc1nc2sc3c(c2c(=O)[nH]1)CCC(C(C)(C)C)C3)c1ccccc1. The average molecular weight is 495 g/mol.